The van der Waals surface area contributed by atoms with E-state index in [1.807, 2.05) is 54.6 Å². The number of nitrogens with zero attached hydrogens (tertiary/aromatic N) is 3. The van der Waals surface area contributed by atoms with Gasteiger partial charge in [0.15, 0.2) is 0 Å². The van der Waals surface area contributed by atoms with Crippen molar-refractivity contribution in [1.82, 2.24) is 13.8 Å². The van der Waals surface area contributed by atoms with Crippen LogP contribution in [0.15, 0.2) is 128 Å². The van der Waals surface area contributed by atoms with Gasteiger partial charge in [0, 0.05) is 33.3 Å². The molecule has 0 saturated carbocycles. The van der Waals surface area contributed by atoms with Crippen molar-refractivity contribution in [1.29, 1.82) is 0 Å². The van der Waals surface area contributed by atoms with Crippen molar-refractivity contribution in [2.24, 2.45) is 0 Å². The van der Waals surface area contributed by atoms with Gasteiger partial charge in [-0.2, -0.15) is 13.2 Å². The molecule has 0 aliphatic carbocycles. The zero-order chi connectivity index (χ0) is 34.1. The first-order valence-corrected chi connectivity index (χ1v) is 16.8. The van der Waals surface area contributed by atoms with Crippen LogP contribution in [0.1, 0.15) is 31.9 Å². The summed E-state index contributed by atoms with van der Waals surface area (Å²) < 4.78 is 48.8. The maximum atomic E-state index is 14.7. The molecule has 4 heterocycles. The highest BCUT2D eigenvalue weighted by atomic mass is 19.4. The minimum Gasteiger partial charge on any atom is -0.305 e. The molecule has 0 atom stereocenters. The summed E-state index contributed by atoms with van der Waals surface area (Å²) in [6.45, 7) is 6.45. The second-order valence-electron chi connectivity index (χ2n) is 14.4. The smallest absolute Gasteiger partial charge is 0.305 e. The van der Waals surface area contributed by atoms with E-state index in [1.165, 1.54) is 5.39 Å². The highest BCUT2D eigenvalue weighted by molar-refractivity contribution is 6.25. The van der Waals surface area contributed by atoms with Crippen LogP contribution in [0.2, 0.25) is 0 Å². The van der Waals surface area contributed by atoms with Crippen LogP contribution in [0.3, 0.4) is 0 Å². The predicted molar refractivity (Wildman–Crippen MR) is 199 cm³/mol. The highest BCUT2D eigenvalue weighted by Crippen LogP contribution is 2.45. The van der Waals surface area contributed by atoms with E-state index in [0.717, 1.165) is 77.4 Å². The Kier molecular flexibility index (Phi) is 5.73. The number of aromatic nitrogens is 3. The molecule has 0 aliphatic rings. The van der Waals surface area contributed by atoms with Gasteiger partial charge < -0.3 is 8.80 Å². The molecule has 0 fully saturated rings. The lowest BCUT2D eigenvalue weighted by atomic mass is 9.82. The van der Waals surface area contributed by atoms with Crippen LogP contribution < -0.4 is 0 Å². The van der Waals surface area contributed by atoms with Crippen molar-refractivity contribution >= 4 is 65.4 Å². The van der Waals surface area contributed by atoms with Crippen molar-refractivity contribution in [3.05, 3.63) is 139 Å². The number of hydrogen-bond donors (Lipinski definition) is 0. The molecule has 50 heavy (non-hydrogen) atoms. The van der Waals surface area contributed by atoms with Gasteiger partial charge in [-0.05, 0) is 81.4 Å². The molecular weight excluding hydrogens is 627 g/mol. The van der Waals surface area contributed by atoms with Gasteiger partial charge in [-0.15, -0.1) is 0 Å². The number of hydrogen-bond acceptors (Lipinski definition) is 1. The van der Waals surface area contributed by atoms with Gasteiger partial charge in [-0.1, -0.05) is 93.6 Å². The molecular formula is C44H30F3N3. The monoisotopic (exact) mass is 657 g/mol. The third kappa shape index (κ3) is 3.96. The maximum absolute atomic E-state index is 14.7. The normalized spacial score (nSPS) is 13.0. The van der Waals surface area contributed by atoms with Crippen molar-refractivity contribution in [3.63, 3.8) is 0 Å². The van der Waals surface area contributed by atoms with Gasteiger partial charge in [-0.3, -0.25) is 4.98 Å². The van der Waals surface area contributed by atoms with Gasteiger partial charge in [0.05, 0.1) is 44.4 Å². The van der Waals surface area contributed by atoms with E-state index >= 15 is 0 Å². The molecule has 4 aromatic heterocycles. The Bertz CT molecular complexity index is 3010. The summed E-state index contributed by atoms with van der Waals surface area (Å²) in [4.78, 5) is 4.42. The second-order valence-corrected chi connectivity index (χ2v) is 14.4. The van der Waals surface area contributed by atoms with E-state index < -0.39 is 11.7 Å². The number of pyridine rings is 1. The zero-order valence-corrected chi connectivity index (χ0v) is 27.6. The molecule has 10 aromatic rings. The van der Waals surface area contributed by atoms with Gasteiger partial charge in [0.1, 0.15) is 0 Å². The summed E-state index contributed by atoms with van der Waals surface area (Å²) >= 11 is 0. The third-order valence-electron chi connectivity index (χ3n) is 10.4. The molecule has 3 nitrogen and oxygen atoms in total. The Balaban J connectivity index is 1.26. The number of benzene rings is 6. The fraction of sp³-hybridized carbons (Fsp3) is 0.114. The summed E-state index contributed by atoms with van der Waals surface area (Å²) in [6, 6.07) is 40.6. The third-order valence-corrected chi connectivity index (χ3v) is 10.4. The van der Waals surface area contributed by atoms with Crippen LogP contribution in [0.25, 0.3) is 87.8 Å². The molecule has 0 bridgehead atoms. The Labute approximate surface area is 285 Å². The van der Waals surface area contributed by atoms with E-state index in [1.54, 1.807) is 6.07 Å². The summed E-state index contributed by atoms with van der Waals surface area (Å²) in [6.07, 6.45) is -3.59. The van der Waals surface area contributed by atoms with Gasteiger partial charge in [0.2, 0.25) is 0 Å². The standard InChI is InChI=1S/C44H30F3N3/c1-43(2,3)34-22-27(20-25-10-4-5-11-28(25)34)36-23-32(35(24-48-36)44(45,46)47)26-16-19-38-33(21-26)31-18-17-30-29-12-6-7-13-37(29)49-39-14-8-9-15-40(39)50(38)42(31)41(30)49/h4-24H,1-3H3. The molecule has 0 radical (unpaired) electrons. The maximum Gasteiger partial charge on any atom is 0.418 e. The van der Waals surface area contributed by atoms with Crippen molar-refractivity contribution < 1.29 is 13.2 Å². The van der Waals surface area contributed by atoms with Crippen molar-refractivity contribution in [3.8, 4) is 22.4 Å². The minimum absolute atomic E-state index is 0.112. The van der Waals surface area contributed by atoms with Crippen LogP contribution in [0.4, 0.5) is 13.2 Å². The molecule has 10 rings (SSSR count). The number of fused-ring (bicyclic) bond motifs is 10. The quantitative estimate of drug-likeness (QED) is 0.170. The topological polar surface area (TPSA) is 21.7 Å². The van der Waals surface area contributed by atoms with Gasteiger partial charge in [0.25, 0.3) is 0 Å². The first kappa shape index (κ1) is 29.1. The number of halogens is 3. The van der Waals surface area contributed by atoms with Crippen LogP contribution in [0, 0.1) is 0 Å². The first-order valence-electron chi connectivity index (χ1n) is 16.8. The van der Waals surface area contributed by atoms with Crippen LogP contribution in [-0.4, -0.2) is 13.8 Å². The average molecular weight is 658 g/mol. The lowest BCUT2D eigenvalue weighted by Gasteiger charge is -2.23. The highest BCUT2D eigenvalue weighted by Gasteiger charge is 2.35. The molecule has 6 heteroatoms. The van der Waals surface area contributed by atoms with Crippen LogP contribution in [-0.2, 0) is 11.6 Å². The molecule has 0 aliphatic heterocycles. The largest absolute Gasteiger partial charge is 0.418 e. The summed E-state index contributed by atoms with van der Waals surface area (Å²) in [5.41, 5.74) is 8.45. The molecule has 0 amide bonds. The lowest BCUT2D eigenvalue weighted by Crippen LogP contribution is -2.12. The Morgan fingerprint density at radius 2 is 1.10 bits per heavy atom. The number of rotatable bonds is 2. The summed E-state index contributed by atoms with van der Waals surface area (Å²) in [5, 5.41) is 6.38. The Hall–Kier alpha value is -5.88. The number of para-hydroxylation sites is 3. The average Bonchev–Trinajstić information content (AvgIpc) is 3.63. The first-order chi connectivity index (χ1) is 24.1. The Morgan fingerprint density at radius 3 is 1.78 bits per heavy atom. The molecule has 0 unspecified atom stereocenters. The Morgan fingerprint density at radius 1 is 0.500 bits per heavy atom. The molecule has 6 aromatic carbocycles. The van der Waals surface area contributed by atoms with Crippen LogP contribution in [0.5, 0.6) is 0 Å². The SMILES string of the molecule is CC(C)(C)c1cc(-c2cc(-c3ccc4c(c3)c3ccc5c6ccccc6n6c7ccccc7n4c3c56)c(C(F)(F)F)cn2)cc2ccccc12. The van der Waals surface area contributed by atoms with Gasteiger partial charge >= 0.3 is 6.18 Å². The molecule has 0 spiro atoms. The van der Waals surface area contributed by atoms with Crippen LogP contribution >= 0.6 is 0 Å². The van der Waals surface area contributed by atoms with Crippen molar-refractivity contribution in [2.45, 2.75) is 32.4 Å². The molecule has 0 N–H and O–H groups in total. The van der Waals surface area contributed by atoms with E-state index in [-0.39, 0.29) is 11.0 Å². The second kappa shape index (κ2) is 9.85. The fourth-order valence-corrected chi connectivity index (χ4v) is 8.22. The minimum atomic E-state index is -4.58. The zero-order valence-electron chi connectivity index (χ0n) is 27.6. The van der Waals surface area contributed by atoms with E-state index in [9.17, 15) is 13.2 Å². The van der Waals surface area contributed by atoms with E-state index in [2.05, 4.69) is 95.2 Å². The van der Waals surface area contributed by atoms with E-state index in [0.29, 0.717) is 11.3 Å². The lowest BCUT2D eigenvalue weighted by molar-refractivity contribution is -0.137. The molecule has 242 valence electrons. The fourth-order valence-electron chi connectivity index (χ4n) is 8.22. The van der Waals surface area contributed by atoms with Crippen molar-refractivity contribution in [2.75, 3.05) is 0 Å². The number of alkyl halides is 3. The summed E-state index contributed by atoms with van der Waals surface area (Å²) in [5.74, 6) is 0. The molecule has 0 saturated heterocycles. The summed E-state index contributed by atoms with van der Waals surface area (Å²) in [7, 11) is 0. The predicted octanol–water partition coefficient (Wildman–Crippen LogP) is 12.4. The van der Waals surface area contributed by atoms with Gasteiger partial charge in [-0.25, -0.2) is 0 Å². The van der Waals surface area contributed by atoms with E-state index in [4.69, 9.17) is 0 Å².